The van der Waals surface area contributed by atoms with Gasteiger partial charge < -0.3 is 10.5 Å². The van der Waals surface area contributed by atoms with Crippen molar-refractivity contribution in [3.63, 3.8) is 0 Å². The van der Waals surface area contributed by atoms with E-state index >= 15 is 0 Å². The third-order valence-corrected chi connectivity index (χ3v) is 3.84. The average Bonchev–Trinajstić information content (AvgIpc) is 2.44. The Hall–Kier alpha value is -0.610. The summed E-state index contributed by atoms with van der Waals surface area (Å²) in [5.74, 6) is 0. The summed E-state index contributed by atoms with van der Waals surface area (Å²) in [6, 6.07) is 8.64. The maximum atomic E-state index is 5.99. The van der Waals surface area contributed by atoms with Crippen molar-refractivity contribution in [1.29, 1.82) is 0 Å². The quantitative estimate of drug-likeness (QED) is 0.797. The number of ether oxygens (including phenoxy) is 1. The SMILES string of the molecule is CCC(C)N(CCOC)C(CN)c1ccc(Cl)cc1. The van der Waals surface area contributed by atoms with E-state index in [1.54, 1.807) is 7.11 Å². The van der Waals surface area contributed by atoms with E-state index in [2.05, 4.69) is 30.9 Å². The van der Waals surface area contributed by atoms with Crippen LogP contribution in [-0.4, -0.2) is 37.7 Å². The van der Waals surface area contributed by atoms with Crippen LogP contribution in [0.1, 0.15) is 31.9 Å². The first-order valence-electron chi connectivity index (χ1n) is 6.84. The average molecular weight is 285 g/mol. The standard InChI is InChI=1S/C15H25ClN2O/c1-4-12(2)18(9-10-19-3)15(11-17)13-5-7-14(16)8-6-13/h5-8,12,15H,4,9-11,17H2,1-3H3. The lowest BCUT2D eigenvalue weighted by Crippen LogP contribution is -2.41. The van der Waals surface area contributed by atoms with Gasteiger partial charge in [0.25, 0.3) is 0 Å². The van der Waals surface area contributed by atoms with Crippen LogP contribution in [0.25, 0.3) is 0 Å². The van der Waals surface area contributed by atoms with Gasteiger partial charge >= 0.3 is 0 Å². The molecule has 1 rings (SSSR count). The fraction of sp³-hybridized carbons (Fsp3) is 0.600. The zero-order chi connectivity index (χ0) is 14.3. The molecule has 108 valence electrons. The van der Waals surface area contributed by atoms with Crippen LogP contribution in [0.5, 0.6) is 0 Å². The predicted molar refractivity (Wildman–Crippen MR) is 81.6 cm³/mol. The van der Waals surface area contributed by atoms with E-state index in [1.807, 2.05) is 12.1 Å². The van der Waals surface area contributed by atoms with Crippen molar-refractivity contribution >= 4 is 11.6 Å². The molecule has 2 N–H and O–H groups in total. The molecule has 19 heavy (non-hydrogen) atoms. The molecule has 0 saturated carbocycles. The number of hydrogen-bond donors (Lipinski definition) is 1. The number of nitrogens with zero attached hydrogens (tertiary/aromatic N) is 1. The van der Waals surface area contributed by atoms with E-state index in [0.29, 0.717) is 19.2 Å². The summed E-state index contributed by atoms with van der Waals surface area (Å²) in [6.45, 7) is 6.62. The number of benzene rings is 1. The minimum Gasteiger partial charge on any atom is -0.383 e. The van der Waals surface area contributed by atoms with Crippen LogP contribution in [0.2, 0.25) is 5.02 Å². The highest BCUT2D eigenvalue weighted by molar-refractivity contribution is 6.30. The first-order chi connectivity index (χ1) is 9.13. The molecule has 0 amide bonds. The van der Waals surface area contributed by atoms with Gasteiger partial charge in [0, 0.05) is 37.3 Å². The topological polar surface area (TPSA) is 38.5 Å². The highest BCUT2D eigenvalue weighted by Gasteiger charge is 2.22. The van der Waals surface area contributed by atoms with Crippen LogP contribution in [0.3, 0.4) is 0 Å². The molecule has 0 aliphatic heterocycles. The first-order valence-corrected chi connectivity index (χ1v) is 7.22. The molecule has 2 unspecified atom stereocenters. The normalized spacial score (nSPS) is 14.6. The Labute approximate surface area is 121 Å². The molecule has 0 saturated heterocycles. The van der Waals surface area contributed by atoms with Crippen molar-refractivity contribution in [3.05, 3.63) is 34.9 Å². The Balaban J connectivity index is 2.91. The van der Waals surface area contributed by atoms with Gasteiger partial charge in [0.05, 0.1) is 6.61 Å². The van der Waals surface area contributed by atoms with Crippen LogP contribution in [0, 0.1) is 0 Å². The molecular weight excluding hydrogens is 260 g/mol. The maximum Gasteiger partial charge on any atom is 0.0590 e. The summed E-state index contributed by atoms with van der Waals surface area (Å²) in [6.07, 6.45) is 1.09. The predicted octanol–water partition coefficient (Wildman–Crippen LogP) is 3.09. The number of hydrogen-bond acceptors (Lipinski definition) is 3. The maximum absolute atomic E-state index is 5.99. The smallest absolute Gasteiger partial charge is 0.0590 e. The van der Waals surface area contributed by atoms with Crippen LogP contribution in [0.4, 0.5) is 0 Å². The van der Waals surface area contributed by atoms with E-state index < -0.39 is 0 Å². The van der Waals surface area contributed by atoms with Crippen molar-refractivity contribution < 1.29 is 4.74 Å². The van der Waals surface area contributed by atoms with Crippen LogP contribution in [0.15, 0.2) is 24.3 Å². The Bertz CT molecular complexity index is 356. The Morgan fingerprint density at radius 3 is 2.42 bits per heavy atom. The minimum atomic E-state index is 0.211. The van der Waals surface area contributed by atoms with Crippen LogP contribution >= 0.6 is 11.6 Å². The van der Waals surface area contributed by atoms with Crippen LogP contribution < -0.4 is 5.73 Å². The summed E-state index contributed by atoms with van der Waals surface area (Å²) in [4.78, 5) is 2.41. The van der Waals surface area contributed by atoms with Crippen molar-refractivity contribution in [3.8, 4) is 0 Å². The highest BCUT2D eigenvalue weighted by Crippen LogP contribution is 2.24. The molecule has 1 aromatic carbocycles. The Kier molecular flexibility index (Phi) is 7.39. The number of halogens is 1. The lowest BCUT2D eigenvalue weighted by Gasteiger charge is -2.35. The number of methoxy groups -OCH3 is 1. The summed E-state index contributed by atoms with van der Waals surface area (Å²) in [5, 5.41) is 0.756. The third-order valence-electron chi connectivity index (χ3n) is 3.59. The second kappa shape index (κ2) is 8.54. The molecule has 3 nitrogen and oxygen atoms in total. The van der Waals surface area contributed by atoms with E-state index in [0.717, 1.165) is 18.0 Å². The number of nitrogens with two attached hydrogens (primary N) is 1. The second-order valence-corrected chi connectivity index (χ2v) is 5.23. The monoisotopic (exact) mass is 284 g/mol. The van der Waals surface area contributed by atoms with E-state index in [1.165, 1.54) is 5.56 Å². The lowest BCUT2D eigenvalue weighted by molar-refractivity contribution is 0.0902. The van der Waals surface area contributed by atoms with Crippen molar-refractivity contribution in [2.75, 3.05) is 26.8 Å². The first kappa shape index (κ1) is 16.4. The molecule has 0 spiro atoms. The molecular formula is C15H25ClN2O. The molecule has 1 aromatic rings. The fourth-order valence-corrected chi connectivity index (χ4v) is 2.39. The largest absolute Gasteiger partial charge is 0.383 e. The molecule has 0 fully saturated rings. The molecule has 0 aliphatic carbocycles. The zero-order valence-corrected chi connectivity index (χ0v) is 12.9. The van der Waals surface area contributed by atoms with Gasteiger partial charge in [-0.05, 0) is 31.0 Å². The summed E-state index contributed by atoms with van der Waals surface area (Å²) < 4.78 is 5.21. The molecule has 0 heterocycles. The molecule has 0 radical (unpaired) electrons. The van der Waals surface area contributed by atoms with Crippen molar-refractivity contribution in [1.82, 2.24) is 4.90 Å². The van der Waals surface area contributed by atoms with Gasteiger partial charge in [0.2, 0.25) is 0 Å². The molecule has 0 bridgehead atoms. The second-order valence-electron chi connectivity index (χ2n) is 4.79. The number of rotatable bonds is 8. The van der Waals surface area contributed by atoms with Gasteiger partial charge in [-0.25, -0.2) is 0 Å². The molecule has 4 heteroatoms. The van der Waals surface area contributed by atoms with Gasteiger partial charge in [-0.2, -0.15) is 0 Å². The van der Waals surface area contributed by atoms with Crippen LogP contribution in [-0.2, 0) is 4.74 Å². The zero-order valence-electron chi connectivity index (χ0n) is 12.1. The highest BCUT2D eigenvalue weighted by atomic mass is 35.5. The van der Waals surface area contributed by atoms with Crippen molar-refractivity contribution in [2.24, 2.45) is 5.73 Å². The molecule has 2 atom stereocenters. The summed E-state index contributed by atoms with van der Waals surface area (Å²) in [7, 11) is 1.73. The minimum absolute atomic E-state index is 0.211. The molecule has 0 aromatic heterocycles. The van der Waals surface area contributed by atoms with Gasteiger partial charge in [0.15, 0.2) is 0 Å². The van der Waals surface area contributed by atoms with Gasteiger partial charge in [-0.1, -0.05) is 30.7 Å². The summed E-state index contributed by atoms with van der Waals surface area (Å²) >= 11 is 5.95. The Morgan fingerprint density at radius 1 is 1.32 bits per heavy atom. The lowest BCUT2D eigenvalue weighted by atomic mass is 10.0. The van der Waals surface area contributed by atoms with E-state index in [9.17, 15) is 0 Å². The van der Waals surface area contributed by atoms with E-state index in [-0.39, 0.29) is 6.04 Å². The summed E-state index contributed by atoms with van der Waals surface area (Å²) in [5.41, 5.74) is 7.20. The Morgan fingerprint density at radius 2 is 1.95 bits per heavy atom. The van der Waals surface area contributed by atoms with E-state index in [4.69, 9.17) is 22.1 Å². The fourth-order valence-electron chi connectivity index (χ4n) is 2.26. The van der Waals surface area contributed by atoms with Gasteiger partial charge in [-0.3, -0.25) is 4.90 Å². The third kappa shape index (κ3) is 4.77. The molecule has 0 aliphatic rings. The van der Waals surface area contributed by atoms with Crippen molar-refractivity contribution in [2.45, 2.75) is 32.4 Å². The van der Waals surface area contributed by atoms with Gasteiger partial charge in [-0.15, -0.1) is 0 Å². The van der Waals surface area contributed by atoms with Gasteiger partial charge in [0.1, 0.15) is 0 Å².